The van der Waals surface area contributed by atoms with Crippen molar-refractivity contribution in [3.63, 3.8) is 0 Å². The fraction of sp³-hybridized carbons (Fsp3) is 0.429. The number of rotatable bonds is 4. The van der Waals surface area contributed by atoms with Gasteiger partial charge in [0.1, 0.15) is 0 Å². The first kappa shape index (κ1) is 12.3. The minimum Gasteiger partial charge on any atom is -0.381 e. The van der Waals surface area contributed by atoms with E-state index < -0.39 is 0 Å². The maximum atomic E-state index is 5.85. The van der Waals surface area contributed by atoms with Gasteiger partial charge in [-0.25, -0.2) is 0 Å². The van der Waals surface area contributed by atoms with Crippen molar-refractivity contribution < 1.29 is 14.2 Å². The molecule has 3 nitrogen and oxygen atoms in total. The maximum absolute atomic E-state index is 5.85. The summed E-state index contributed by atoms with van der Waals surface area (Å²) >= 11 is 0. The predicted octanol–water partition coefficient (Wildman–Crippen LogP) is 2.69. The van der Waals surface area contributed by atoms with Gasteiger partial charge in [0.25, 0.3) is 0 Å². The molecule has 2 atom stereocenters. The van der Waals surface area contributed by atoms with E-state index in [9.17, 15) is 0 Å². The summed E-state index contributed by atoms with van der Waals surface area (Å²) in [6.45, 7) is 1.35. The first-order valence-electron chi connectivity index (χ1n) is 5.88. The smallest absolute Gasteiger partial charge is 0.184 e. The average Bonchev–Trinajstić information content (AvgIpc) is 2.41. The normalized spacial score (nSPS) is 25.2. The zero-order chi connectivity index (χ0) is 11.9. The van der Waals surface area contributed by atoms with Crippen molar-refractivity contribution >= 4 is 0 Å². The molecule has 1 aromatic rings. The molecule has 0 aromatic heterocycles. The van der Waals surface area contributed by atoms with Crippen molar-refractivity contribution in [2.24, 2.45) is 0 Å². The molecule has 1 aliphatic rings. The maximum Gasteiger partial charge on any atom is 0.184 e. The number of hydrogen-bond donors (Lipinski definition) is 0. The second-order valence-corrected chi connectivity index (χ2v) is 3.96. The standard InChI is InChI=1S/C14H18O3/c1-15-10-5-8-13-9-11-16-14(17-13)12-6-3-2-4-7-12/h2-8,13-14H,9-11H2,1H3/b8-5+/t13-,14+/m1/s1. The fourth-order valence-electron chi connectivity index (χ4n) is 1.79. The molecular weight excluding hydrogens is 216 g/mol. The van der Waals surface area contributed by atoms with Crippen LogP contribution in [0.25, 0.3) is 0 Å². The highest BCUT2D eigenvalue weighted by Gasteiger charge is 2.22. The number of methoxy groups -OCH3 is 1. The first-order chi connectivity index (χ1) is 8.40. The lowest BCUT2D eigenvalue weighted by atomic mass is 10.1. The summed E-state index contributed by atoms with van der Waals surface area (Å²) < 4.78 is 16.4. The summed E-state index contributed by atoms with van der Waals surface area (Å²) in [6, 6.07) is 10.0. The average molecular weight is 234 g/mol. The van der Waals surface area contributed by atoms with Gasteiger partial charge in [0, 0.05) is 19.1 Å². The molecule has 3 heteroatoms. The van der Waals surface area contributed by atoms with E-state index in [4.69, 9.17) is 14.2 Å². The van der Waals surface area contributed by atoms with E-state index in [1.54, 1.807) is 7.11 Å². The Labute approximate surface area is 102 Å². The van der Waals surface area contributed by atoms with Gasteiger partial charge in [0.15, 0.2) is 6.29 Å². The van der Waals surface area contributed by atoms with Gasteiger partial charge in [-0.05, 0) is 0 Å². The second-order valence-electron chi connectivity index (χ2n) is 3.96. The molecule has 1 heterocycles. The molecule has 92 valence electrons. The van der Waals surface area contributed by atoms with E-state index >= 15 is 0 Å². The topological polar surface area (TPSA) is 27.7 Å². The summed E-state index contributed by atoms with van der Waals surface area (Å²) in [7, 11) is 1.68. The SMILES string of the molecule is COC/C=C/[C@@H]1CCO[C@H](c2ccccc2)O1. The lowest BCUT2D eigenvalue weighted by Crippen LogP contribution is -2.25. The summed E-state index contributed by atoms with van der Waals surface area (Å²) in [5.74, 6) is 0. The van der Waals surface area contributed by atoms with Gasteiger partial charge in [-0.3, -0.25) is 0 Å². The molecule has 0 amide bonds. The molecular formula is C14H18O3. The van der Waals surface area contributed by atoms with Crippen LogP contribution in [0.1, 0.15) is 18.3 Å². The highest BCUT2D eigenvalue weighted by atomic mass is 16.7. The Morgan fingerprint density at radius 1 is 1.35 bits per heavy atom. The zero-order valence-electron chi connectivity index (χ0n) is 10.0. The van der Waals surface area contributed by atoms with Gasteiger partial charge in [0.05, 0.1) is 19.3 Å². The Balaban J connectivity index is 1.93. The van der Waals surface area contributed by atoms with Crippen LogP contribution in [0.15, 0.2) is 42.5 Å². The Morgan fingerprint density at radius 3 is 2.94 bits per heavy atom. The Kier molecular flexibility index (Phi) is 4.74. The van der Waals surface area contributed by atoms with Crippen LogP contribution in [0.4, 0.5) is 0 Å². The van der Waals surface area contributed by atoms with E-state index in [1.807, 2.05) is 42.5 Å². The number of ether oxygens (including phenoxy) is 3. The minimum atomic E-state index is -0.248. The van der Waals surface area contributed by atoms with Crippen molar-refractivity contribution in [1.29, 1.82) is 0 Å². The highest BCUT2D eigenvalue weighted by Crippen LogP contribution is 2.26. The summed E-state index contributed by atoms with van der Waals surface area (Å²) in [5.41, 5.74) is 1.07. The first-order valence-corrected chi connectivity index (χ1v) is 5.88. The molecule has 0 aliphatic carbocycles. The lowest BCUT2D eigenvalue weighted by Gasteiger charge is -2.28. The van der Waals surface area contributed by atoms with Gasteiger partial charge < -0.3 is 14.2 Å². The quantitative estimate of drug-likeness (QED) is 0.750. The van der Waals surface area contributed by atoms with Crippen molar-refractivity contribution in [2.75, 3.05) is 20.3 Å². The van der Waals surface area contributed by atoms with Crippen LogP contribution in [-0.2, 0) is 14.2 Å². The predicted molar refractivity (Wildman–Crippen MR) is 65.6 cm³/mol. The summed E-state index contributed by atoms with van der Waals surface area (Å²) in [4.78, 5) is 0. The van der Waals surface area contributed by atoms with Crippen molar-refractivity contribution in [1.82, 2.24) is 0 Å². The molecule has 1 aromatic carbocycles. The fourth-order valence-corrected chi connectivity index (χ4v) is 1.79. The van der Waals surface area contributed by atoms with Crippen molar-refractivity contribution in [3.05, 3.63) is 48.0 Å². The number of hydrogen-bond acceptors (Lipinski definition) is 3. The molecule has 0 N–H and O–H groups in total. The van der Waals surface area contributed by atoms with E-state index in [-0.39, 0.29) is 12.4 Å². The molecule has 0 unspecified atom stereocenters. The second kappa shape index (κ2) is 6.55. The monoisotopic (exact) mass is 234 g/mol. The van der Waals surface area contributed by atoms with Gasteiger partial charge >= 0.3 is 0 Å². The lowest BCUT2D eigenvalue weighted by molar-refractivity contribution is -0.204. The Hall–Kier alpha value is -1.16. The molecule has 0 spiro atoms. The summed E-state index contributed by atoms with van der Waals surface area (Å²) in [6.07, 6.45) is 4.79. The highest BCUT2D eigenvalue weighted by molar-refractivity contribution is 5.16. The van der Waals surface area contributed by atoms with E-state index in [0.717, 1.165) is 18.6 Å². The van der Waals surface area contributed by atoms with Crippen molar-refractivity contribution in [2.45, 2.75) is 18.8 Å². The molecule has 1 fully saturated rings. The molecule has 1 aliphatic heterocycles. The molecule has 0 bridgehead atoms. The molecule has 0 radical (unpaired) electrons. The zero-order valence-corrected chi connectivity index (χ0v) is 10.0. The third kappa shape index (κ3) is 3.66. The third-order valence-electron chi connectivity index (χ3n) is 2.66. The number of benzene rings is 1. The van der Waals surface area contributed by atoms with Crippen LogP contribution in [0.5, 0.6) is 0 Å². The van der Waals surface area contributed by atoms with E-state index in [1.165, 1.54) is 0 Å². The molecule has 17 heavy (non-hydrogen) atoms. The minimum absolute atomic E-state index is 0.115. The van der Waals surface area contributed by atoms with Gasteiger partial charge in [-0.1, -0.05) is 42.5 Å². The molecule has 2 rings (SSSR count). The molecule has 1 saturated heterocycles. The Morgan fingerprint density at radius 2 is 2.18 bits per heavy atom. The third-order valence-corrected chi connectivity index (χ3v) is 2.66. The van der Waals surface area contributed by atoms with Crippen LogP contribution >= 0.6 is 0 Å². The van der Waals surface area contributed by atoms with Crippen LogP contribution < -0.4 is 0 Å². The van der Waals surface area contributed by atoms with Crippen molar-refractivity contribution in [3.8, 4) is 0 Å². The summed E-state index contributed by atoms with van der Waals surface area (Å²) in [5, 5.41) is 0. The largest absolute Gasteiger partial charge is 0.381 e. The van der Waals surface area contributed by atoms with Crippen LogP contribution in [0.2, 0.25) is 0 Å². The van der Waals surface area contributed by atoms with Gasteiger partial charge in [-0.2, -0.15) is 0 Å². The van der Waals surface area contributed by atoms with E-state index in [2.05, 4.69) is 0 Å². The Bertz CT molecular complexity index is 348. The van der Waals surface area contributed by atoms with Crippen LogP contribution in [0, 0.1) is 0 Å². The molecule has 0 saturated carbocycles. The van der Waals surface area contributed by atoms with Crippen LogP contribution in [-0.4, -0.2) is 26.4 Å². The van der Waals surface area contributed by atoms with Gasteiger partial charge in [0.2, 0.25) is 0 Å². The van der Waals surface area contributed by atoms with Crippen LogP contribution in [0.3, 0.4) is 0 Å². The van der Waals surface area contributed by atoms with E-state index in [0.29, 0.717) is 6.61 Å². The van der Waals surface area contributed by atoms with Gasteiger partial charge in [-0.15, -0.1) is 0 Å².